The number of hydrogen-bond donors (Lipinski definition) is 2. The van der Waals surface area contributed by atoms with Crippen molar-refractivity contribution in [3.63, 3.8) is 0 Å². The maximum Gasteiger partial charge on any atom is 0.243 e. The first-order chi connectivity index (χ1) is 9.20. The third kappa shape index (κ3) is 4.05. The first-order valence-corrected chi connectivity index (χ1v) is 8.39. The average molecular weight is 390 g/mol. The van der Waals surface area contributed by atoms with E-state index in [1.54, 1.807) is 13.8 Å². The van der Waals surface area contributed by atoms with Crippen molar-refractivity contribution < 1.29 is 17.5 Å². The highest BCUT2D eigenvalue weighted by molar-refractivity contribution is 9.10. The summed E-state index contributed by atoms with van der Waals surface area (Å²) in [6.07, 6.45) is 0. The van der Waals surface area contributed by atoms with Crippen molar-refractivity contribution in [3.05, 3.63) is 21.4 Å². The predicted octanol–water partition coefficient (Wildman–Crippen LogP) is 2.53. The Balaban J connectivity index is 3.11. The van der Waals surface area contributed by atoms with Gasteiger partial charge < -0.3 is 10.5 Å². The Bertz CT molecular complexity index is 598. The number of halogens is 3. The number of benzene rings is 1. The zero-order chi connectivity index (χ0) is 15.5. The molecule has 1 aromatic carbocycles. The molecule has 114 valence electrons. The lowest BCUT2D eigenvalue weighted by atomic mass is 10.3. The second-order valence-corrected chi connectivity index (χ2v) is 6.96. The molecule has 0 aromatic heterocycles. The van der Waals surface area contributed by atoms with Crippen LogP contribution in [0.25, 0.3) is 0 Å². The zero-order valence-electron chi connectivity index (χ0n) is 10.9. The molecule has 0 aliphatic rings. The summed E-state index contributed by atoms with van der Waals surface area (Å²) < 4.78 is 45.7. The molecule has 0 spiro atoms. The molecular formula is C11H15BrClFN2O3S. The van der Waals surface area contributed by atoms with E-state index in [-0.39, 0.29) is 21.8 Å². The molecule has 0 heterocycles. The fourth-order valence-electron chi connectivity index (χ4n) is 1.45. The summed E-state index contributed by atoms with van der Waals surface area (Å²) in [4.78, 5) is -0.591. The van der Waals surface area contributed by atoms with Gasteiger partial charge in [0.2, 0.25) is 10.0 Å². The molecule has 5 nitrogen and oxygen atoms in total. The van der Waals surface area contributed by atoms with Gasteiger partial charge in [0.25, 0.3) is 0 Å². The second-order valence-electron chi connectivity index (χ2n) is 4.08. The first-order valence-electron chi connectivity index (χ1n) is 5.73. The number of nitrogen functional groups attached to an aromatic ring is 1. The minimum absolute atomic E-state index is 0.0155. The molecule has 1 unspecified atom stereocenters. The average Bonchev–Trinajstić information content (AvgIpc) is 2.37. The van der Waals surface area contributed by atoms with Gasteiger partial charge in [0.15, 0.2) is 5.82 Å². The molecule has 0 bridgehead atoms. The van der Waals surface area contributed by atoms with Crippen molar-refractivity contribution in [1.29, 1.82) is 0 Å². The van der Waals surface area contributed by atoms with Gasteiger partial charge >= 0.3 is 0 Å². The number of sulfonamides is 1. The molecule has 20 heavy (non-hydrogen) atoms. The number of hydrogen-bond acceptors (Lipinski definition) is 4. The molecule has 0 fully saturated rings. The Morgan fingerprint density at radius 2 is 2.20 bits per heavy atom. The zero-order valence-corrected chi connectivity index (χ0v) is 14.1. The molecule has 1 rings (SSSR count). The molecule has 0 amide bonds. The maximum atomic E-state index is 14.0. The topological polar surface area (TPSA) is 81.4 Å². The lowest BCUT2D eigenvalue weighted by Crippen LogP contribution is -2.36. The standard InChI is InChI=1S/C11H15BrClFN2O3S/c1-3-19-5-6(2)16-20(17,18)8-4-7(13)9(12)11(15)10(8)14/h4,6,16H,3,5,15H2,1-2H3. The fraction of sp³-hybridized carbons (Fsp3) is 0.455. The highest BCUT2D eigenvalue weighted by Gasteiger charge is 2.25. The molecule has 0 aliphatic heterocycles. The Morgan fingerprint density at radius 1 is 1.60 bits per heavy atom. The smallest absolute Gasteiger partial charge is 0.243 e. The van der Waals surface area contributed by atoms with Gasteiger partial charge in [-0.15, -0.1) is 0 Å². The Labute approximate surface area is 130 Å². The highest BCUT2D eigenvalue weighted by Crippen LogP contribution is 2.34. The van der Waals surface area contributed by atoms with E-state index in [0.29, 0.717) is 6.61 Å². The van der Waals surface area contributed by atoms with E-state index in [1.165, 1.54) is 0 Å². The van der Waals surface area contributed by atoms with Crippen LogP contribution >= 0.6 is 27.5 Å². The van der Waals surface area contributed by atoms with E-state index in [1.807, 2.05) is 0 Å². The molecule has 9 heteroatoms. The molecule has 0 radical (unpaired) electrons. The number of nitrogens with one attached hydrogen (secondary N) is 1. The maximum absolute atomic E-state index is 14.0. The minimum Gasteiger partial charge on any atom is -0.395 e. The fourth-order valence-corrected chi connectivity index (χ4v) is 3.36. The first kappa shape index (κ1) is 17.6. The number of rotatable bonds is 6. The molecule has 0 saturated heterocycles. The van der Waals surface area contributed by atoms with Gasteiger partial charge in [0, 0.05) is 12.6 Å². The molecule has 3 N–H and O–H groups in total. The second kappa shape index (κ2) is 7.04. The quantitative estimate of drug-likeness (QED) is 0.578. The number of ether oxygens (including phenoxy) is 1. The van der Waals surface area contributed by atoms with Crippen LogP contribution in [0.1, 0.15) is 13.8 Å². The van der Waals surface area contributed by atoms with Gasteiger partial charge in [-0.3, -0.25) is 0 Å². The van der Waals surface area contributed by atoms with Crippen molar-refractivity contribution in [2.75, 3.05) is 18.9 Å². The van der Waals surface area contributed by atoms with Crippen LogP contribution in [0.5, 0.6) is 0 Å². The molecule has 1 aromatic rings. The van der Waals surface area contributed by atoms with Gasteiger partial charge in [0.05, 0.1) is 21.8 Å². The van der Waals surface area contributed by atoms with E-state index in [4.69, 9.17) is 22.1 Å². The summed E-state index contributed by atoms with van der Waals surface area (Å²) in [5, 5.41) is 0.0155. The van der Waals surface area contributed by atoms with Crippen LogP contribution in [-0.4, -0.2) is 27.7 Å². The van der Waals surface area contributed by atoms with Gasteiger partial charge in [-0.2, -0.15) is 0 Å². The van der Waals surface area contributed by atoms with Crippen molar-refractivity contribution >= 4 is 43.2 Å². The number of nitrogens with two attached hydrogens (primary N) is 1. The predicted molar refractivity (Wildman–Crippen MR) is 79.8 cm³/mol. The Kier molecular flexibility index (Phi) is 6.21. The van der Waals surface area contributed by atoms with Crippen LogP contribution in [0.2, 0.25) is 5.02 Å². The Morgan fingerprint density at radius 3 is 2.75 bits per heavy atom. The third-order valence-electron chi connectivity index (χ3n) is 2.37. The van der Waals surface area contributed by atoms with Crippen LogP contribution in [-0.2, 0) is 14.8 Å². The van der Waals surface area contributed by atoms with Gasteiger partial charge in [-0.25, -0.2) is 17.5 Å². The van der Waals surface area contributed by atoms with Crippen LogP contribution in [0.3, 0.4) is 0 Å². The van der Waals surface area contributed by atoms with E-state index in [0.717, 1.165) is 6.07 Å². The lowest BCUT2D eigenvalue weighted by molar-refractivity contribution is 0.133. The van der Waals surface area contributed by atoms with E-state index in [2.05, 4.69) is 20.7 Å². The summed E-state index contributed by atoms with van der Waals surface area (Å²) >= 11 is 8.79. The molecule has 1 atom stereocenters. The monoisotopic (exact) mass is 388 g/mol. The summed E-state index contributed by atoms with van der Waals surface area (Å²) in [5.41, 5.74) is 5.12. The molecule has 0 aliphatic carbocycles. The van der Waals surface area contributed by atoms with Gasteiger partial charge in [-0.1, -0.05) is 11.6 Å². The minimum atomic E-state index is -4.07. The summed E-state index contributed by atoms with van der Waals surface area (Å²) in [6.45, 7) is 4.03. The van der Waals surface area contributed by atoms with Crippen LogP contribution < -0.4 is 10.5 Å². The molecular weight excluding hydrogens is 375 g/mol. The number of anilines is 1. The SMILES string of the molecule is CCOCC(C)NS(=O)(=O)c1cc(Cl)c(Br)c(N)c1F. The van der Waals surface area contributed by atoms with Crippen LogP contribution in [0.15, 0.2) is 15.4 Å². The summed E-state index contributed by atoms with van der Waals surface area (Å²) in [7, 11) is -4.07. The summed E-state index contributed by atoms with van der Waals surface area (Å²) in [6, 6.07) is 0.496. The third-order valence-corrected chi connectivity index (χ3v) is 5.34. The largest absolute Gasteiger partial charge is 0.395 e. The van der Waals surface area contributed by atoms with Crippen LogP contribution in [0, 0.1) is 5.82 Å². The van der Waals surface area contributed by atoms with Gasteiger partial charge in [0.1, 0.15) is 4.90 Å². The lowest BCUT2D eigenvalue weighted by Gasteiger charge is -2.15. The molecule has 0 saturated carbocycles. The van der Waals surface area contributed by atoms with Crippen molar-refractivity contribution in [1.82, 2.24) is 4.72 Å². The Hall–Kier alpha value is -0.410. The van der Waals surface area contributed by atoms with Crippen molar-refractivity contribution in [2.24, 2.45) is 0 Å². The highest BCUT2D eigenvalue weighted by atomic mass is 79.9. The van der Waals surface area contributed by atoms with E-state index < -0.39 is 26.8 Å². The van der Waals surface area contributed by atoms with Crippen LogP contribution in [0.4, 0.5) is 10.1 Å². The van der Waals surface area contributed by atoms with E-state index in [9.17, 15) is 12.8 Å². The van der Waals surface area contributed by atoms with Crippen molar-refractivity contribution in [3.8, 4) is 0 Å². The van der Waals surface area contributed by atoms with Crippen molar-refractivity contribution in [2.45, 2.75) is 24.8 Å². The van der Waals surface area contributed by atoms with E-state index >= 15 is 0 Å². The van der Waals surface area contributed by atoms with Gasteiger partial charge in [-0.05, 0) is 35.8 Å². The summed E-state index contributed by atoms with van der Waals surface area (Å²) in [5.74, 6) is -1.04. The normalized spacial score (nSPS) is 13.4.